The van der Waals surface area contributed by atoms with Gasteiger partial charge in [0.25, 0.3) is 0 Å². The van der Waals surface area contributed by atoms with Gasteiger partial charge in [0.1, 0.15) is 0 Å². The molecule has 100 valence electrons. The first-order valence-electron chi connectivity index (χ1n) is 6.09. The van der Waals surface area contributed by atoms with Crippen LogP contribution >= 0.6 is 0 Å². The number of carbonyl (C=O) groups is 2. The number of hydrogen-bond acceptors (Lipinski definition) is 3. The third-order valence-electron chi connectivity index (χ3n) is 2.84. The molecule has 0 aliphatic rings. The molecule has 5 heteroatoms. The van der Waals surface area contributed by atoms with Crippen LogP contribution in [0.1, 0.15) is 33.6 Å². The Hall–Kier alpha value is -1.10. The number of nitrogens with one attached hydrogen (secondary N) is 2. The summed E-state index contributed by atoms with van der Waals surface area (Å²) in [6.45, 7) is 6.28. The first-order chi connectivity index (χ1) is 7.88. The number of rotatable bonds is 7. The van der Waals surface area contributed by atoms with Crippen LogP contribution in [0.3, 0.4) is 0 Å². The third-order valence-corrected chi connectivity index (χ3v) is 2.84. The van der Waals surface area contributed by atoms with Crippen LogP contribution in [0, 0.1) is 11.3 Å². The molecule has 0 saturated carbocycles. The maximum Gasteiger partial charge on any atom is 0.227 e. The quantitative estimate of drug-likeness (QED) is 0.599. The van der Waals surface area contributed by atoms with Crippen molar-refractivity contribution in [2.45, 2.75) is 33.6 Å². The van der Waals surface area contributed by atoms with E-state index in [9.17, 15) is 9.59 Å². The minimum absolute atomic E-state index is 0.0636. The maximum absolute atomic E-state index is 11.8. The molecule has 0 radical (unpaired) electrons. The number of amides is 2. The Bertz CT molecular complexity index is 264. The lowest BCUT2D eigenvalue weighted by atomic mass is 9.92. The van der Waals surface area contributed by atoms with E-state index in [0.717, 1.165) is 12.8 Å². The Balaban J connectivity index is 4.27. The average Bonchev–Trinajstić information content (AvgIpc) is 2.31. The van der Waals surface area contributed by atoms with Gasteiger partial charge in [0, 0.05) is 20.1 Å². The molecule has 0 aliphatic heterocycles. The fourth-order valence-electron chi connectivity index (χ4n) is 1.58. The van der Waals surface area contributed by atoms with Gasteiger partial charge in [-0.05, 0) is 20.3 Å². The van der Waals surface area contributed by atoms with E-state index in [1.54, 1.807) is 20.9 Å². The second-order valence-corrected chi connectivity index (χ2v) is 4.90. The summed E-state index contributed by atoms with van der Waals surface area (Å²) in [7, 11) is 1.59. The van der Waals surface area contributed by atoms with Crippen molar-refractivity contribution < 1.29 is 9.59 Å². The highest BCUT2D eigenvalue weighted by molar-refractivity contribution is 5.83. The zero-order valence-corrected chi connectivity index (χ0v) is 11.3. The molecule has 0 heterocycles. The summed E-state index contributed by atoms with van der Waals surface area (Å²) in [6.07, 6.45) is 1.71. The summed E-state index contributed by atoms with van der Waals surface area (Å²) >= 11 is 0. The van der Waals surface area contributed by atoms with E-state index < -0.39 is 5.41 Å². The molecular weight excluding hydrogens is 218 g/mol. The normalized spacial score (nSPS) is 13.0. The molecule has 0 rings (SSSR count). The summed E-state index contributed by atoms with van der Waals surface area (Å²) in [6, 6.07) is 0. The SMILES string of the molecule is CCCC(CN)C(=O)NCC(C)(C)C(=O)NC. The zero-order chi connectivity index (χ0) is 13.5. The number of carbonyl (C=O) groups excluding carboxylic acids is 2. The van der Waals surface area contributed by atoms with E-state index in [2.05, 4.69) is 10.6 Å². The van der Waals surface area contributed by atoms with Crippen LogP contribution < -0.4 is 16.4 Å². The Labute approximate surface area is 104 Å². The van der Waals surface area contributed by atoms with Gasteiger partial charge in [-0.2, -0.15) is 0 Å². The van der Waals surface area contributed by atoms with Crippen molar-refractivity contribution in [3.8, 4) is 0 Å². The monoisotopic (exact) mass is 243 g/mol. The first kappa shape index (κ1) is 15.9. The van der Waals surface area contributed by atoms with E-state index in [0.29, 0.717) is 13.1 Å². The molecule has 0 aliphatic carbocycles. The molecule has 0 bridgehead atoms. The van der Waals surface area contributed by atoms with Gasteiger partial charge >= 0.3 is 0 Å². The van der Waals surface area contributed by atoms with Gasteiger partial charge in [-0.1, -0.05) is 13.3 Å². The standard InChI is InChI=1S/C12H25N3O2/c1-5-6-9(7-13)10(16)15-8-12(2,3)11(17)14-4/h9H,5-8,13H2,1-4H3,(H,14,17)(H,15,16). The van der Waals surface area contributed by atoms with Crippen molar-refractivity contribution in [2.75, 3.05) is 20.1 Å². The Kier molecular flexibility index (Phi) is 6.80. The molecule has 0 spiro atoms. The highest BCUT2D eigenvalue weighted by Gasteiger charge is 2.28. The Morgan fingerprint density at radius 3 is 2.35 bits per heavy atom. The summed E-state index contributed by atoms with van der Waals surface area (Å²) < 4.78 is 0. The predicted octanol–water partition coefficient (Wildman–Crippen LogP) is 0.250. The summed E-state index contributed by atoms with van der Waals surface area (Å²) in [5.74, 6) is -0.301. The first-order valence-corrected chi connectivity index (χ1v) is 6.09. The lowest BCUT2D eigenvalue weighted by molar-refractivity contribution is -0.130. The predicted molar refractivity (Wildman–Crippen MR) is 68.3 cm³/mol. The molecule has 0 saturated heterocycles. The summed E-state index contributed by atoms with van der Waals surface area (Å²) in [4.78, 5) is 23.3. The molecule has 0 aromatic rings. The fraction of sp³-hybridized carbons (Fsp3) is 0.833. The van der Waals surface area contributed by atoms with E-state index in [1.165, 1.54) is 0 Å². The van der Waals surface area contributed by atoms with Crippen LogP contribution in [-0.2, 0) is 9.59 Å². The van der Waals surface area contributed by atoms with Gasteiger partial charge in [-0.25, -0.2) is 0 Å². The lowest BCUT2D eigenvalue weighted by Gasteiger charge is -2.24. The van der Waals surface area contributed by atoms with E-state index in [1.807, 2.05) is 6.92 Å². The molecular formula is C12H25N3O2. The molecule has 4 N–H and O–H groups in total. The van der Waals surface area contributed by atoms with Crippen molar-refractivity contribution in [1.29, 1.82) is 0 Å². The average molecular weight is 243 g/mol. The fourth-order valence-corrected chi connectivity index (χ4v) is 1.58. The Morgan fingerprint density at radius 2 is 1.94 bits per heavy atom. The Morgan fingerprint density at radius 1 is 1.35 bits per heavy atom. The molecule has 1 atom stereocenters. The van der Waals surface area contributed by atoms with Gasteiger partial charge in [-0.15, -0.1) is 0 Å². The van der Waals surface area contributed by atoms with Gasteiger partial charge in [0.15, 0.2) is 0 Å². The molecule has 5 nitrogen and oxygen atoms in total. The number of hydrogen-bond donors (Lipinski definition) is 3. The van der Waals surface area contributed by atoms with Gasteiger partial charge < -0.3 is 16.4 Å². The second kappa shape index (κ2) is 7.27. The van der Waals surface area contributed by atoms with E-state index in [4.69, 9.17) is 5.73 Å². The zero-order valence-electron chi connectivity index (χ0n) is 11.3. The van der Waals surface area contributed by atoms with Crippen molar-refractivity contribution >= 4 is 11.8 Å². The molecule has 17 heavy (non-hydrogen) atoms. The second-order valence-electron chi connectivity index (χ2n) is 4.90. The highest BCUT2D eigenvalue weighted by atomic mass is 16.2. The van der Waals surface area contributed by atoms with Gasteiger partial charge in [0.2, 0.25) is 11.8 Å². The third kappa shape index (κ3) is 5.17. The van der Waals surface area contributed by atoms with Crippen LogP contribution in [0.15, 0.2) is 0 Å². The highest BCUT2D eigenvalue weighted by Crippen LogP contribution is 2.14. The molecule has 0 aromatic carbocycles. The van der Waals surface area contributed by atoms with Crippen LogP contribution in [0.25, 0.3) is 0 Å². The van der Waals surface area contributed by atoms with E-state index in [-0.39, 0.29) is 17.7 Å². The van der Waals surface area contributed by atoms with Crippen LogP contribution in [0.4, 0.5) is 0 Å². The van der Waals surface area contributed by atoms with Crippen molar-refractivity contribution in [1.82, 2.24) is 10.6 Å². The van der Waals surface area contributed by atoms with Crippen LogP contribution in [-0.4, -0.2) is 32.0 Å². The minimum Gasteiger partial charge on any atom is -0.359 e. The van der Waals surface area contributed by atoms with Crippen LogP contribution in [0.5, 0.6) is 0 Å². The molecule has 1 unspecified atom stereocenters. The molecule has 0 fully saturated rings. The smallest absolute Gasteiger partial charge is 0.227 e. The topological polar surface area (TPSA) is 84.2 Å². The van der Waals surface area contributed by atoms with Crippen LogP contribution in [0.2, 0.25) is 0 Å². The number of nitrogens with two attached hydrogens (primary N) is 1. The van der Waals surface area contributed by atoms with Crippen molar-refractivity contribution in [2.24, 2.45) is 17.1 Å². The minimum atomic E-state index is -0.601. The van der Waals surface area contributed by atoms with Crippen molar-refractivity contribution in [3.63, 3.8) is 0 Å². The maximum atomic E-state index is 11.8. The van der Waals surface area contributed by atoms with Crippen molar-refractivity contribution in [3.05, 3.63) is 0 Å². The van der Waals surface area contributed by atoms with Gasteiger partial charge in [0.05, 0.1) is 11.3 Å². The van der Waals surface area contributed by atoms with E-state index >= 15 is 0 Å². The molecule has 2 amide bonds. The molecule has 0 aromatic heterocycles. The summed E-state index contributed by atoms with van der Waals surface area (Å²) in [5, 5.41) is 5.38. The van der Waals surface area contributed by atoms with Gasteiger partial charge in [-0.3, -0.25) is 9.59 Å². The summed E-state index contributed by atoms with van der Waals surface area (Å²) in [5.41, 5.74) is 4.94. The lowest BCUT2D eigenvalue weighted by Crippen LogP contribution is -2.46. The largest absolute Gasteiger partial charge is 0.359 e.